The molecule has 2 rings (SSSR count). The molecule has 0 spiro atoms. The quantitative estimate of drug-likeness (QED) is 0.819. The lowest BCUT2D eigenvalue weighted by Gasteiger charge is -1.99. The van der Waals surface area contributed by atoms with E-state index in [4.69, 9.17) is 14.5 Å². The molecule has 19 heavy (non-hydrogen) atoms. The van der Waals surface area contributed by atoms with Crippen molar-refractivity contribution in [3.05, 3.63) is 18.0 Å². The van der Waals surface area contributed by atoms with Gasteiger partial charge in [0.1, 0.15) is 5.69 Å². The highest BCUT2D eigenvalue weighted by Gasteiger charge is 2.14. The fourth-order valence-corrected chi connectivity index (χ4v) is 1.37. The van der Waals surface area contributed by atoms with E-state index < -0.39 is 6.10 Å². The van der Waals surface area contributed by atoms with Gasteiger partial charge in [0.25, 0.3) is 0 Å². The third kappa shape index (κ3) is 3.23. The molecule has 0 amide bonds. The minimum absolute atomic E-state index is 0.0139. The van der Waals surface area contributed by atoms with Crippen molar-refractivity contribution >= 4 is 0 Å². The van der Waals surface area contributed by atoms with Gasteiger partial charge in [0, 0.05) is 6.07 Å². The van der Waals surface area contributed by atoms with Gasteiger partial charge in [0.15, 0.2) is 0 Å². The second-order valence-electron chi connectivity index (χ2n) is 3.69. The second kappa shape index (κ2) is 5.88. The number of aliphatic hydroxyl groups excluding tert-OH is 1. The zero-order chi connectivity index (χ0) is 13.7. The summed E-state index contributed by atoms with van der Waals surface area (Å²) in [5.41, 5.74) is 0.436. The number of aromatic nitrogens is 4. The molecular formula is C11H11N5O3. The molecule has 0 saturated carbocycles. The molecule has 0 aliphatic rings. The molecule has 0 saturated heterocycles. The molecule has 1 atom stereocenters. The van der Waals surface area contributed by atoms with Crippen molar-refractivity contribution in [2.24, 2.45) is 0 Å². The summed E-state index contributed by atoms with van der Waals surface area (Å²) in [7, 11) is 1.49. The molecule has 0 aliphatic carbocycles. The Morgan fingerprint density at radius 2 is 2.32 bits per heavy atom. The van der Waals surface area contributed by atoms with Crippen LogP contribution in [0.1, 0.15) is 12.3 Å². The van der Waals surface area contributed by atoms with E-state index in [9.17, 15) is 5.11 Å². The Morgan fingerprint density at radius 3 is 2.95 bits per heavy atom. The van der Waals surface area contributed by atoms with Crippen molar-refractivity contribution < 1.29 is 14.4 Å². The first-order valence-electron chi connectivity index (χ1n) is 5.48. The Labute approximate surface area is 108 Å². The fraction of sp³-hybridized carbons (Fsp3) is 0.364. The van der Waals surface area contributed by atoms with Crippen LogP contribution in [0.4, 0.5) is 0 Å². The van der Waals surface area contributed by atoms with Gasteiger partial charge < -0.3 is 14.4 Å². The van der Waals surface area contributed by atoms with Crippen molar-refractivity contribution in [3.8, 4) is 23.5 Å². The average molecular weight is 261 g/mol. The molecule has 2 heterocycles. The number of hydrogen-bond donors (Lipinski definition) is 1. The van der Waals surface area contributed by atoms with Crippen LogP contribution in [-0.2, 0) is 6.42 Å². The van der Waals surface area contributed by atoms with Crippen LogP contribution in [0, 0.1) is 11.3 Å². The molecule has 2 aromatic rings. The first-order valence-corrected chi connectivity index (χ1v) is 5.48. The molecule has 8 nitrogen and oxygen atoms in total. The van der Waals surface area contributed by atoms with Crippen LogP contribution in [0.15, 0.2) is 16.7 Å². The monoisotopic (exact) mass is 261 g/mol. The summed E-state index contributed by atoms with van der Waals surface area (Å²) in [6.45, 7) is 0. The maximum absolute atomic E-state index is 9.46. The highest BCUT2D eigenvalue weighted by Crippen LogP contribution is 2.15. The summed E-state index contributed by atoms with van der Waals surface area (Å²) in [6.07, 6.45) is -0.676. The summed E-state index contributed by atoms with van der Waals surface area (Å²) in [5, 5.41) is 29.3. The molecule has 1 unspecified atom stereocenters. The zero-order valence-corrected chi connectivity index (χ0v) is 10.1. The third-order valence-electron chi connectivity index (χ3n) is 2.28. The van der Waals surface area contributed by atoms with E-state index in [2.05, 4.69) is 20.3 Å². The van der Waals surface area contributed by atoms with Gasteiger partial charge in [-0.25, -0.2) is 0 Å². The predicted octanol–water partition coefficient (Wildman–Crippen LogP) is 0.352. The van der Waals surface area contributed by atoms with Crippen LogP contribution < -0.4 is 4.74 Å². The second-order valence-corrected chi connectivity index (χ2v) is 3.69. The molecule has 98 valence electrons. The molecule has 1 N–H and O–H groups in total. The SMILES string of the molecule is COc1ccc(-c2noc(CC(O)CC#N)n2)nn1. The largest absolute Gasteiger partial charge is 0.480 e. The van der Waals surface area contributed by atoms with Crippen molar-refractivity contribution in [1.82, 2.24) is 20.3 Å². The Bertz CT molecular complexity index is 575. The lowest BCUT2D eigenvalue weighted by molar-refractivity contribution is 0.167. The predicted molar refractivity (Wildman–Crippen MR) is 61.8 cm³/mol. The topological polar surface area (TPSA) is 118 Å². The molecule has 0 bridgehead atoms. The first kappa shape index (κ1) is 12.9. The Morgan fingerprint density at radius 1 is 1.47 bits per heavy atom. The summed E-state index contributed by atoms with van der Waals surface area (Å²) in [6, 6.07) is 5.14. The van der Waals surface area contributed by atoms with Crippen molar-refractivity contribution in [1.29, 1.82) is 5.26 Å². The molecule has 0 fully saturated rings. The molecule has 8 heteroatoms. The van der Waals surface area contributed by atoms with Crippen LogP contribution in [-0.4, -0.2) is 38.7 Å². The highest BCUT2D eigenvalue weighted by atomic mass is 16.5. The van der Waals surface area contributed by atoms with Gasteiger partial charge in [-0.2, -0.15) is 10.2 Å². The van der Waals surface area contributed by atoms with Gasteiger partial charge in [-0.3, -0.25) is 0 Å². The van der Waals surface area contributed by atoms with Crippen molar-refractivity contribution in [2.45, 2.75) is 18.9 Å². The summed E-state index contributed by atoms with van der Waals surface area (Å²) in [5.74, 6) is 0.904. The zero-order valence-electron chi connectivity index (χ0n) is 10.1. The summed E-state index contributed by atoms with van der Waals surface area (Å²) >= 11 is 0. The number of hydrogen-bond acceptors (Lipinski definition) is 8. The molecule has 2 aromatic heterocycles. The Balaban J connectivity index is 2.09. The van der Waals surface area contributed by atoms with Crippen LogP contribution in [0.2, 0.25) is 0 Å². The van der Waals surface area contributed by atoms with Gasteiger partial charge in [-0.15, -0.1) is 10.2 Å². The standard InChI is InChI=1S/C11H11N5O3/c1-18-9-3-2-8(14-15-9)11-13-10(19-16-11)6-7(17)4-5-12/h2-3,7,17H,4,6H2,1H3. The van der Waals surface area contributed by atoms with E-state index in [0.717, 1.165) is 0 Å². The van der Waals surface area contributed by atoms with Crippen LogP contribution in [0.3, 0.4) is 0 Å². The van der Waals surface area contributed by atoms with Gasteiger partial charge in [0.2, 0.25) is 17.6 Å². The minimum atomic E-state index is -0.819. The van der Waals surface area contributed by atoms with Crippen LogP contribution in [0.25, 0.3) is 11.5 Å². The number of nitriles is 1. The summed E-state index contributed by atoms with van der Waals surface area (Å²) in [4.78, 5) is 4.07. The highest BCUT2D eigenvalue weighted by molar-refractivity contribution is 5.47. The van der Waals surface area contributed by atoms with Gasteiger partial charge in [0.05, 0.1) is 32.1 Å². The summed E-state index contributed by atoms with van der Waals surface area (Å²) < 4.78 is 9.85. The van der Waals surface area contributed by atoms with E-state index >= 15 is 0 Å². The van der Waals surface area contributed by atoms with E-state index in [-0.39, 0.29) is 24.6 Å². The van der Waals surface area contributed by atoms with Crippen molar-refractivity contribution in [3.63, 3.8) is 0 Å². The number of ether oxygens (including phenoxy) is 1. The lowest BCUT2D eigenvalue weighted by Crippen LogP contribution is -2.09. The normalized spacial score (nSPS) is 11.8. The van der Waals surface area contributed by atoms with Crippen LogP contribution >= 0.6 is 0 Å². The van der Waals surface area contributed by atoms with E-state index in [0.29, 0.717) is 11.6 Å². The van der Waals surface area contributed by atoms with E-state index in [1.807, 2.05) is 6.07 Å². The number of methoxy groups -OCH3 is 1. The lowest BCUT2D eigenvalue weighted by atomic mass is 10.2. The first-order chi connectivity index (χ1) is 9.22. The van der Waals surface area contributed by atoms with Crippen LogP contribution in [0.5, 0.6) is 5.88 Å². The molecular weight excluding hydrogens is 250 g/mol. The Kier molecular flexibility index (Phi) is 4.00. The molecule has 0 aromatic carbocycles. The van der Waals surface area contributed by atoms with Crippen molar-refractivity contribution in [2.75, 3.05) is 7.11 Å². The minimum Gasteiger partial charge on any atom is -0.480 e. The molecule has 0 aliphatic heterocycles. The van der Waals surface area contributed by atoms with E-state index in [1.165, 1.54) is 7.11 Å². The number of aliphatic hydroxyl groups is 1. The molecule has 0 radical (unpaired) electrons. The van der Waals surface area contributed by atoms with E-state index in [1.54, 1.807) is 12.1 Å². The number of nitrogens with zero attached hydrogens (tertiary/aromatic N) is 5. The maximum atomic E-state index is 9.46. The average Bonchev–Trinajstić information content (AvgIpc) is 2.87. The van der Waals surface area contributed by atoms with Gasteiger partial charge >= 0.3 is 0 Å². The fourth-order valence-electron chi connectivity index (χ4n) is 1.37. The maximum Gasteiger partial charge on any atom is 0.233 e. The smallest absolute Gasteiger partial charge is 0.233 e. The number of rotatable bonds is 5. The van der Waals surface area contributed by atoms with Gasteiger partial charge in [-0.05, 0) is 6.07 Å². The van der Waals surface area contributed by atoms with Gasteiger partial charge in [-0.1, -0.05) is 5.16 Å². The third-order valence-corrected chi connectivity index (χ3v) is 2.28. The Hall–Kier alpha value is -2.53.